The predicted octanol–water partition coefficient (Wildman–Crippen LogP) is 4.18. The number of nitrogens with zero attached hydrogens (tertiary/aromatic N) is 2. The number of likely N-dealkylation sites (tertiary alicyclic amines) is 2. The molecule has 0 N–H and O–H groups in total. The van der Waals surface area contributed by atoms with E-state index in [1.165, 1.54) is 12.0 Å². The summed E-state index contributed by atoms with van der Waals surface area (Å²) in [5.41, 5.74) is 2.47. The van der Waals surface area contributed by atoms with Gasteiger partial charge in [0.1, 0.15) is 6.61 Å². The minimum absolute atomic E-state index is 0.0632. The zero-order valence-corrected chi connectivity index (χ0v) is 17.5. The molecule has 0 radical (unpaired) electrons. The first-order chi connectivity index (χ1) is 14.8. The van der Waals surface area contributed by atoms with Crippen molar-refractivity contribution in [2.75, 3.05) is 26.2 Å². The van der Waals surface area contributed by atoms with Gasteiger partial charge in [-0.2, -0.15) is 0 Å². The van der Waals surface area contributed by atoms with Crippen molar-refractivity contribution in [2.45, 2.75) is 50.8 Å². The van der Waals surface area contributed by atoms with Crippen LogP contribution in [0.15, 0.2) is 48.5 Å². The molecule has 5 nitrogen and oxygen atoms in total. The van der Waals surface area contributed by atoms with E-state index in [1.54, 1.807) is 0 Å². The number of benzene rings is 2. The summed E-state index contributed by atoms with van der Waals surface area (Å²) in [4.78, 5) is 16.9. The fraction of sp³-hybridized carbons (Fsp3) is 0.480. The van der Waals surface area contributed by atoms with Crippen LogP contribution in [0.3, 0.4) is 0 Å². The van der Waals surface area contributed by atoms with Crippen molar-refractivity contribution in [3.63, 3.8) is 0 Å². The molecule has 2 aromatic carbocycles. The van der Waals surface area contributed by atoms with Crippen LogP contribution in [0.2, 0.25) is 0 Å². The molecule has 30 heavy (non-hydrogen) atoms. The summed E-state index contributed by atoms with van der Waals surface area (Å²) in [7, 11) is 0. The van der Waals surface area contributed by atoms with Crippen LogP contribution in [-0.4, -0.2) is 48.0 Å². The first kappa shape index (κ1) is 19.4. The average Bonchev–Trinajstić information content (AvgIpc) is 2.80. The molecule has 0 unspecified atom stereocenters. The quantitative estimate of drug-likeness (QED) is 0.764. The van der Waals surface area contributed by atoms with Crippen LogP contribution in [0.5, 0.6) is 11.5 Å². The van der Waals surface area contributed by atoms with Crippen molar-refractivity contribution in [1.29, 1.82) is 0 Å². The highest BCUT2D eigenvalue weighted by atomic mass is 16.6. The number of piperidine rings is 2. The van der Waals surface area contributed by atoms with E-state index in [0.717, 1.165) is 68.9 Å². The van der Waals surface area contributed by atoms with E-state index in [2.05, 4.69) is 34.1 Å². The Morgan fingerprint density at radius 3 is 2.43 bits per heavy atom. The van der Waals surface area contributed by atoms with Gasteiger partial charge in [-0.15, -0.1) is 0 Å². The third kappa shape index (κ3) is 4.17. The Morgan fingerprint density at radius 2 is 1.67 bits per heavy atom. The smallest absolute Gasteiger partial charge is 0.222 e. The van der Waals surface area contributed by atoms with Crippen molar-refractivity contribution in [3.05, 3.63) is 59.7 Å². The Kier molecular flexibility index (Phi) is 5.63. The van der Waals surface area contributed by atoms with Crippen LogP contribution in [-0.2, 0) is 11.3 Å². The minimum Gasteiger partial charge on any atom is -0.485 e. The molecule has 3 heterocycles. The highest BCUT2D eigenvalue weighted by Gasteiger charge is 2.29. The lowest BCUT2D eigenvalue weighted by molar-refractivity contribution is -0.136. The van der Waals surface area contributed by atoms with E-state index in [-0.39, 0.29) is 6.10 Å². The van der Waals surface area contributed by atoms with E-state index < -0.39 is 0 Å². The Bertz CT molecular complexity index is 874. The van der Waals surface area contributed by atoms with Gasteiger partial charge < -0.3 is 14.4 Å². The molecule has 0 aromatic heterocycles. The van der Waals surface area contributed by atoms with E-state index in [4.69, 9.17) is 9.47 Å². The van der Waals surface area contributed by atoms with Crippen molar-refractivity contribution in [1.82, 2.24) is 9.80 Å². The molecular formula is C25H30N2O3. The summed E-state index contributed by atoms with van der Waals surface area (Å²) in [5, 5.41) is 0. The van der Waals surface area contributed by atoms with E-state index >= 15 is 0 Å². The standard InChI is InChI=1S/C25H30N2O3/c28-25-7-3-4-14-27(25)21-12-15-26(16-13-21)17-19-8-10-20(11-9-19)24-18-29-22-5-1-2-6-23(22)30-24/h1-2,5-6,8-11,21,24H,3-4,7,12-18H2/t24-/m1/s1. The molecule has 0 bridgehead atoms. The zero-order valence-electron chi connectivity index (χ0n) is 17.5. The number of para-hydroxylation sites is 2. The lowest BCUT2D eigenvalue weighted by Gasteiger charge is -2.40. The Hall–Kier alpha value is -2.53. The van der Waals surface area contributed by atoms with Crippen molar-refractivity contribution >= 4 is 5.91 Å². The average molecular weight is 407 g/mol. The fourth-order valence-electron chi connectivity index (χ4n) is 4.88. The molecule has 0 saturated carbocycles. The Labute approximate surface area is 178 Å². The second-order valence-corrected chi connectivity index (χ2v) is 8.66. The summed E-state index contributed by atoms with van der Waals surface area (Å²) in [5.74, 6) is 2.00. The molecule has 2 fully saturated rings. The molecule has 3 aliphatic heterocycles. The summed E-state index contributed by atoms with van der Waals surface area (Å²) in [6.45, 7) is 4.59. The topological polar surface area (TPSA) is 42.0 Å². The van der Waals surface area contributed by atoms with Crippen LogP contribution in [0, 0.1) is 0 Å². The van der Waals surface area contributed by atoms with Gasteiger partial charge in [-0.05, 0) is 48.9 Å². The van der Waals surface area contributed by atoms with Crippen LogP contribution in [0.25, 0.3) is 0 Å². The van der Waals surface area contributed by atoms with E-state index in [1.807, 2.05) is 24.3 Å². The lowest BCUT2D eigenvalue weighted by atomic mass is 9.99. The molecule has 0 aliphatic carbocycles. The van der Waals surface area contributed by atoms with Crippen molar-refractivity contribution in [2.24, 2.45) is 0 Å². The van der Waals surface area contributed by atoms with Crippen LogP contribution in [0.1, 0.15) is 49.3 Å². The summed E-state index contributed by atoms with van der Waals surface area (Å²) >= 11 is 0. The number of carbonyl (C=O) groups excluding carboxylic acids is 1. The van der Waals surface area contributed by atoms with Gasteiger partial charge in [0.05, 0.1) is 0 Å². The third-order valence-electron chi connectivity index (χ3n) is 6.62. The third-order valence-corrected chi connectivity index (χ3v) is 6.62. The Balaban J connectivity index is 1.14. The normalized spacial score (nSPS) is 22.9. The molecule has 5 rings (SSSR count). The molecule has 0 spiro atoms. The number of rotatable bonds is 4. The van der Waals surface area contributed by atoms with Crippen LogP contribution in [0.4, 0.5) is 0 Å². The van der Waals surface area contributed by atoms with E-state index in [9.17, 15) is 4.79 Å². The number of amides is 1. The predicted molar refractivity (Wildman–Crippen MR) is 116 cm³/mol. The van der Waals surface area contributed by atoms with Gasteiger partial charge in [-0.25, -0.2) is 0 Å². The lowest BCUT2D eigenvalue weighted by Crippen LogP contribution is -2.48. The van der Waals surface area contributed by atoms with Crippen molar-refractivity contribution < 1.29 is 14.3 Å². The molecule has 1 atom stereocenters. The fourth-order valence-corrected chi connectivity index (χ4v) is 4.88. The van der Waals surface area contributed by atoms with Gasteiger partial charge >= 0.3 is 0 Å². The molecule has 2 saturated heterocycles. The SMILES string of the molecule is O=C1CCCCN1C1CCN(Cc2ccc([C@H]3COc4ccccc4O3)cc2)CC1. The highest BCUT2D eigenvalue weighted by molar-refractivity contribution is 5.77. The van der Waals surface area contributed by atoms with Crippen LogP contribution < -0.4 is 9.47 Å². The number of carbonyl (C=O) groups is 1. The van der Waals surface area contributed by atoms with E-state index in [0.29, 0.717) is 18.6 Å². The zero-order chi connectivity index (χ0) is 20.3. The highest BCUT2D eigenvalue weighted by Crippen LogP contribution is 2.36. The maximum absolute atomic E-state index is 12.2. The van der Waals surface area contributed by atoms with Gasteiger partial charge in [-0.1, -0.05) is 36.4 Å². The number of hydrogen-bond acceptors (Lipinski definition) is 4. The summed E-state index contributed by atoms with van der Waals surface area (Å²) in [6, 6.07) is 17.0. The largest absolute Gasteiger partial charge is 0.485 e. The molecule has 2 aromatic rings. The van der Waals surface area contributed by atoms with Gasteiger partial charge in [0.2, 0.25) is 5.91 Å². The molecular weight excluding hydrogens is 376 g/mol. The number of ether oxygens (including phenoxy) is 2. The first-order valence-electron chi connectivity index (χ1n) is 11.3. The number of hydrogen-bond donors (Lipinski definition) is 0. The molecule has 158 valence electrons. The van der Waals surface area contributed by atoms with Crippen LogP contribution >= 0.6 is 0 Å². The molecule has 1 amide bonds. The van der Waals surface area contributed by atoms with Gasteiger partial charge in [0.15, 0.2) is 17.6 Å². The van der Waals surface area contributed by atoms with Gasteiger partial charge in [-0.3, -0.25) is 9.69 Å². The summed E-state index contributed by atoms with van der Waals surface area (Å²) in [6.07, 6.45) is 5.10. The van der Waals surface area contributed by atoms with Gasteiger partial charge in [0, 0.05) is 38.6 Å². The monoisotopic (exact) mass is 406 g/mol. The second-order valence-electron chi connectivity index (χ2n) is 8.66. The second kappa shape index (κ2) is 8.68. The maximum Gasteiger partial charge on any atom is 0.222 e. The first-order valence-corrected chi connectivity index (χ1v) is 11.3. The number of fused-ring (bicyclic) bond motifs is 1. The molecule has 3 aliphatic rings. The van der Waals surface area contributed by atoms with Gasteiger partial charge in [0.25, 0.3) is 0 Å². The maximum atomic E-state index is 12.2. The Morgan fingerprint density at radius 1 is 0.900 bits per heavy atom. The molecule has 5 heteroatoms. The summed E-state index contributed by atoms with van der Waals surface area (Å²) < 4.78 is 12.0. The minimum atomic E-state index is -0.0632. The van der Waals surface area contributed by atoms with Crippen molar-refractivity contribution in [3.8, 4) is 11.5 Å².